The Hall–Kier alpha value is -0.170. The van der Waals surface area contributed by atoms with E-state index in [2.05, 4.69) is 67.8 Å². The van der Waals surface area contributed by atoms with Crippen LogP contribution in [0.4, 0.5) is 4.39 Å². The highest BCUT2D eigenvalue weighted by molar-refractivity contribution is 14.1. The predicted molar refractivity (Wildman–Crippen MR) is 106 cm³/mol. The summed E-state index contributed by atoms with van der Waals surface area (Å²) in [7, 11) is 0. The standard InChI is InChI=1S/C14H10FI3N2O/c15-10-3-7(14(19)20)1-2-8(10)6-21-13-11(17)4-9(16)5-12(13)18/h1-5H,6H2,(H3,19,20). The molecular formula is C14H10FI3N2O. The van der Waals surface area contributed by atoms with Crippen LogP contribution in [0.2, 0.25) is 0 Å². The first kappa shape index (κ1) is 17.2. The maximum Gasteiger partial charge on any atom is 0.146 e. The van der Waals surface area contributed by atoms with E-state index < -0.39 is 5.82 Å². The fraction of sp³-hybridized carbons (Fsp3) is 0.0714. The van der Waals surface area contributed by atoms with Crippen LogP contribution in [0.1, 0.15) is 11.1 Å². The van der Waals surface area contributed by atoms with Gasteiger partial charge in [0, 0.05) is 14.7 Å². The van der Waals surface area contributed by atoms with Gasteiger partial charge < -0.3 is 10.5 Å². The highest BCUT2D eigenvalue weighted by atomic mass is 127. The molecule has 110 valence electrons. The smallest absolute Gasteiger partial charge is 0.146 e. The first-order valence-electron chi connectivity index (χ1n) is 5.78. The van der Waals surface area contributed by atoms with E-state index in [9.17, 15) is 4.39 Å². The third-order valence-electron chi connectivity index (χ3n) is 2.70. The van der Waals surface area contributed by atoms with Crippen molar-refractivity contribution in [3.8, 4) is 5.75 Å². The van der Waals surface area contributed by atoms with Crippen molar-refractivity contribution < 1.29 is 9.13 Å². The molecule has 0 amide bonds. The van der Waals surface area contributed by atoms with Gasteiger partial charge in [-0.3, -0.25) is 5.41 Å². The Bertz CT molecular complexity index is 684. The summed E-state index contributed by atoms with van der Waals surface area (Å²) in [5, 5.41) is 7.29. The van der Waals surface area contributed by atoms with Gasteiger partial charge >= 0.3 is 0 Å². The molecule has 0 heterocycles. The van der Waals surface area contributed by atoms with Crippen LogP contribution in [0.3, 0.4) is 0 Å². The van der Waals surface area contributed by atoms with Crippen molar-refractivity contribution in [1.82, 2.24) is 0 Å². The SMILES string of the molecule is N=C(N)c1ccc(COc2c(I)cc(I)cc2I)c(F)c1. The lowest BCUT2D eigenvalue weighted by Gasteiger charge is -2.12. The Balaban J connectivity index is 2.19. The minimum atomic E-state index is -0.418. The Labute approximate surface area is 162 Å². The van der Waals surface area contributed by atoms with Crippen molar-refractivity contribution in [2.75, 3.05) is 0 Å². The second-order valence-corrected chi connectivity index (χ2v) is 7.78. The third-order valence-corrected chi connectivity index (χ3v) is 4.92. The number of amidine groups is 1. The summed E-state index contributed by atoms with van der Waals surface area (Å²) in [6, 6.07) is 8.49. The summed E-state index contributed by atoms with van der Waals surface area (Å²) in [4.78, 5) is 0. The number of ether oxygens (including phenoxy) is 1. The van der Waals surface area contributed by atoms with Gasteiger partial charge in [-0.05, 0) is 86.0 Å². The molecule has 2 aromatic rings. The molecule has 0 aliphatic heterocycles. The number of benzene rings is 2. The molecule has 0 fully saturated rings. The zero-order chi connectivity index (χ0) is 15.6. The molecule has 0 atom stereocenters. The van der Waals surface area contributed by atoms with Gasteiger partial charge in [-0.1, -0.05) is 12.1 Å². The average molecular weight is 622 g/mol. The van der Waals surface area contributed by atoms with Crippen molar-refractivity contribution in [2.45, 2.75) is 6.61 Å². The van der Waals surface area contributed by atoms with Crippen LogP contribution in [-0.2, 0) is 6.61 Å². The summed E-state index contributed by atoms with van der Waals surface area (Å²) >= 11 is 6.65. The summed E-state index contributed by atoms with van der Waals surface area (Å²) in [6.45, 7) is 0.136. The first-order chi connectivity index (χ1) is 9.88. The Morgan fingerprint density at radius 2 is 1.76 bits per heavy atom. The third kappa shape index (κ3) is 4.41. The zero-order valence-electron chi connectivity index (χ0n) is 10.6. The van der Waals surface area contributed by atoms with Crippen LogP contribution in [0.5, 0.6) is 5.75 Å². The number of hydrogen-bond acceptors (Lipinski definition) is 2. The fourth-order valence-corrected chi connectivity index (χ4v) is 5.54. The average Bonchev–Trinajstić information content (AvgIpc) is 2.38. The lowest BCUT2D eigenvalue weighted by atomic mass is 10.1. The lowest BCUT2D eigenvalue weighted by Crippen LogP contribution is -2.12. The number of nitrogens with two attached hydrogens (primary N) is 1. The normalized spacial score (nSPS) is 10.5. The van der Waals surface area contributed by atoms with Crippen LogP contribution in [0.25, 0.3) is 0 Å². The van der Waals surface area contributed by atoms with E-state index >= 15 is 0 Å². The molecule has 2 aromatic carbocycles. The second kappa shape index (κ2) is 7.40. The van der Waals surface area contributed by atoms with Crippen LogP contribution >= 0.6 is 67.8 Å². The number of halogens is 4. The van der Waals surface area contributed by atoms with Gasteiger partial charge in [-0.25, -0.2) is 4.39 Å². The number of nitrogen functional groups attached to an aromatic ring is 1. The second-order valence-electron chi connectivity index (χ2n) is 4.21. The molecule has 3 nitrogen and oxygen atoms in total. The van der Waals surface area contributed by atoms with Crippen molar-refractivity contribution in [2.24, 2.45) is 5.73 Å². The summed E-state index contributed by atoms with van der Waals surface area (Å²) in [6.07, 6.45) is 0. The van der Waals surface area contributed by atoms with Crippen LogP contribution < -0.4 is 10.5 Å². The molecular weight excluding hydrogens is 612 g/mol. The number of rotatable bonds is 4. The fourth-order valence-electron chi connectivity index (χ4n) is 1.65. The predicted octanol–water partition coefficient (Wildman–Crippen LogP) is 4.50. The molecule has 0 radical (unpaired) electrons. The molecule has 0 aromatic heterocycles. The largest absolute Gasteiger partial charge is 0.487 e. The van der Waals surface area contributed by atoms with Gasteiger partial charge in [0.15, 0.2) is 0 Å². The molecule has 0 spiro atoms. The van der Waals surface area contributed by atoms with Gasteiger partial charge in [0.1, 0.15) is 24.0 Å². The minimum absolute atomic E-state index is 0.136. The van der Waals surface area contributed by atoms with Crippen LogP contribution in [-0.4, -0.2) is 5.84 Å². The van der Waals surface area contributed by atoms with Crippen LogP contribution in [0, 0.1) is 21.9 Å². The zero-order valence-corrected chi connectivity index (χ0v) is 17.1. The van der Waals surface area contributed by atoms with Gasteiger partial charge in [-0.2, -0.15) is 0 Å². The van der Waals surface area contributed by atoms with E-state index in [1.54, 1.807) is 12.1 Å². The molecule has 3 N–H and O–H groups in total. The van der Waals surface area contributed by atoms with Gasteiger partial charge in [0.2, 0.25) is 0 Å². The Morgan fingerprint density at radius 3 is 2.29 bits per heavy atom. The van der Waals surface area contributed by atoms with E-state index in [1.807, 2.05) is 12.1 Å². The van der Waals surface area contributed by atoms with Gasteiger partial charge in [0.25, 0.3) is 0 Å². The summed E-state index contributed by atoms with van der Waals surface area (Å²) < 4.78 is 22.8. The number of nitrogens with one attached hydrogen (secondary N) is 1. The molecule has 0 aliphatic rings. The molecule has 0 aliphatic carbocycles. The first-order valence-corrected chi connectivity index (χ1v) is 9.02. The van der Waals surface area contributed by atoms with Gasteiger partial charge in [-0.15, -0.1) is 0 Å². The van der Waals surface area contributed by atoms with E-state index in [0.29, 0.717) is 11.1 Å². The monoisotopic (exact) mass is 622 g/mol. The maximum absolute atomic E-state index is 13.9. The van der Waals surface area contributed by atoms with E-state index in [4.69, 9.17) is 15.9 Å². The summed E-state index contributed by atoms with van der Waals surface area (Å²) in [5.74, 6) is 0.188. The topological polar surface area (TPSA) is 59.1 Å². The molecule has 21 heavy (non-hydrogen) atoms. The Kier molecular flexibility index (Phi) is 6.05. The summed E-state index contributed by atoms with van der Waals surface area (Å²) in [5.41, 5.74) is 6.14. The van der Waals surface area contributed by atoms with Crippen LogP contribution in [0.15, 0.2) is 30.3 Å². The Morgan fingerprint density at radius 1 is 1.14 bits per heavy atom. The lowest BCUT2D eigenvalue weighted by molar-refractivity contribution is 0.295. The van der Waals surface area contributed by atoms with E-state index in [0.717, 1.165) is 16.5 Å². The maximum atomic E-state index is 13.9. The molecule has 0 saturated heterocycles. The van der Waals surface area contributed by atoms with Gasteiger partial charge in [0.05, 0.1) is 7.14 Å². The quantitative estimate of drug-likeness (QED) is 0.300. The van der Waals surface area contributed by atoms with Crippen molar-refractivity contribution in [3.63, 3.8) is 0 Å². The van der Waals surface area contributed by atoms with Crippen molar-refractivity contribution in [3.05, 3.63) is 58.0 Å². The van der Waals surface area contributed by atoms with Crippen molar-refractivity contribution >= 4 is 73.6 Å². The highest BCUT2D eigenvalue weighted by Crippen LogP contribution is 2.30. The molecule has 0 saturated carbocycles. The molecule has 7 heteroatoms. The van der Waals surface area contributed by atoms with E-state index in [1.165, 1.54) is 6.07 Å². The minimum Gasteiger partial charge on any atom is -0.487 e. The molecule has 0 unspecified atom stereocenters. The number of hydrogen-bond donors (Lipinski definition) is 2. The molecule has 2 rings (SSSR count). The van der Waals surface area contributed by atoms with Crippen molar-refractivity contribution in [1.29, 1.82) is 5.41 Å². The molecule has 0 bridgehead atoms. The van der Waals surface area contributed by atoms with E-state index in [-0.39, 0.29) is 12.4 Å². The highest BCUT2D eigenvalue weighted by Gasteiger charge is 2.11.